The number of halogens is 1. The zero-order valence-corrected chi connectivity index (χ0v) is 11.2. The molecule has 0 amide bonds. The zero-order chi connectivity index (χ0) is 10.7. The number of hydrogen-bond acceptors (Lipinski definition) is 3. The minimum absolute atomic E-state index is 0.774. The van der Waals surface area contributed by atoms with Crippen LogP contribution in [0.15, 0.2) is 16.7 Å². The van der Waals surface area contributed by atoms with E-state index in [2.05, 4.69) is 51.0 Å². The average molecular weight is 287 g/mol. The molecular weight excluding hydrogens is 272 g/mol. The van der Waals surface area contributed by atoms with Crippen molar-refractivity contribution in [1.29, 1.82) is 0 Å². The molecule has 1 fully saturated rings. The van der Waals surface area contributed by atoms with Crippen LogP contribution in [0.3, 0.4) is 0 Å². The van der Waals surface area contributed by atoms with Gasteiger partial charge in [-0.15, -0.1) is 0 Å². The number of anilines is 1. The van der Waals surface area contributed by atoms with E-state index >= 15 is 0 Å². The molecule has 2 heterocycles. The predicted octanol–water partition coefficient (Wildman–Crippen LogP) is 3.46. The summed E-state index contributed by atoms with van der Waals surface area (Å²) in [7, 11) is 0. The Morgan fingerprint density at radius 3 is 3.20 bits per heavy atom. The standard InChI is InChI=1S/C11H15BrN2S/c1-8-5-11(14-7-10(8)12)13-6-9-3-2-4-15-9/h5,7,9H,2-4,6H2,1H3,(H,13,14). The topological polar surface area (TPSA) is 24.9 Å². The molecule has 1 aromatic heterocycles. The lowest BCUT2D eigenvalue weighted by molar-refractivity contribution is 0.803. The van der Waals surface area contributed by atoms with Crippen LogP contribution in [0, 0.1) is 6.92 Å². The van der Waals surface area contributed by atoms with Gasteiger partial charge in [-0.1, -0.05) is 0 Å². The van der Waals surface area contributed by atoms with Gasteiger partial charge in [-0.05, 0) is 53.1 Å². The maximum atomic E-state index is 4.33. The first-order chi connectivity index (χ1) is 7.25. The number of nitrogens with zero attached hydrogens (tertiary/aromatic N) is 1. The third-order valence-corrected chi connectivity index (χ3v) is 4.81. The summed E-state index contributed by atoms with van der Waals surface area (Å²) in [6.07, 6.45) is 4.57. The summed E-state index contributed by atoms with van der Waals surface area (Å²) >= 11 is 5.52. The second-order valence-electron chi connectivity index (χ2n) is 3.83. The van der Waals surface area contributed by atoms with Crippen molar-refractivity contribution in [3.05, 3.63) is 22.3 Å². The van der Waals surface area contributed by atoms with Gasteiger partial charge in [-0.25, -0.2) is 4.98 Å². The Hall–Kier alpha value is -0.220. The smallest absolute Gasteiger partial charge is 0.126 e. The normalized spacial score (nSPS) is 20.5. The van der Waals surface area contributed by atoms with E-state index in [4.69, 9.17) is 0 Å². The van der Waals surface area contributed by atoms with E-state index in [-0.39, 0.29) is 0 Å². The quantitative estimate of drug-likeness (QED) is 0.921. The number of hydrogen-bond donors (Lipinski definition) is 1. The maximum Gasteiger partial charge on any atom is 0.126 e. The molecule has 0 bridgehead atoms. The second kappa shape index (κ2) is 5.21. The van der Waals surface area contributed by atoms with E-state index in [1.165, 1.54) is 24.2 Å². The van der Waals surface area contributed by atoms with Crippen molar-refractivity contribution < 1.29 is 0 Å². The lowest BCUT2D eigenvalue weighted by Crippen LogP contribution is -2.14. The maximum absolute atomic E-state index is 4.33. The summed E-state index contributed by atoms with van der Waals surface area (Å²) in [6, 6.07) is 2.09. The van der Waals surface area contributed by atoms with Crippen LogP contribution in [0.4, 0.5) is 5.82 Å². The minimum Gasteiger partial charge on any atom is -0.369 e. The van der Waals surface area contributed by atoms with Gasteiger partial charge in [0.25, 0.3) is 0 Å². The second-order valence-corrected chi connectivity index (χ2v) is 6.10. The van der Waals surface area contributed by atoms with Gasteiger partial charge in [0.1, 0.15) is 5.82 Å². The van der Waals surface area contributed by atoms with Gasteiger partial charge in [0, 0.05) is 22.5 Å². The molecule has 0 saturated carbocycles. The van der Waals surface area contributed by atoms with Crippen molar-refractivity contribution in [2.24, 2.45) is 0 Å². The number of nitrogens with one attached hydrogen (secondary N) is 1. The van der Waals surface area contributed by atoms with Crippen LogP contribution in [-0.2, 0) is 0 Å². The molecule has 1 aliphatic rings. The minimum atomic E-state index is 0.774. The number of aromatic nitrogens is 1. The van der Waals surface area contributed by atoms with Crippen molar-refractivity contribution in [3.63, 3.8) is 0 Å². The third kappa shape index (κ3) is 3.11. The van der Waals surface area contributed by atoms with Crippen molar-refractivity contribution in [2.45, 2.75) is 25.0 Å². The van der Waals surface area contributed by atoms with Crippen molar-refractivity contribution in [2.75, 3.05) is 17.6 Å². The number of aryl methyl sites for hydroxylation is 1. The fraction of sp³-hybridized carbons (Fsp3) is 0.545. The van der Waals surface area contributed by atoms with Gasteiger partial charge in [-0.2, -0.15) is 11.8 Å². The van der Waals surface area contributed by atoms with Crippen molar-refractivity contribution >= 4 is 33.5 Å². The highest BCUT2D eigenvalue weighted by atomic mass is 79.9. The molecule has 1 atom stereocenters. The van der Waals surface area contributed by atoms with Crippen LogP contribution >= 0.6 is 27.7 Å². The Morgan fingerprint density at radius 1 is 1.67 bits per heavy atom. The highest BCUT2D eigenvalue weighted by Crippen LogP contribution is 2.26. The molecule has 1 aliphatic heterocycles. The SMILES string of the molecule is Cc1cc(NCC2CCCS2)ncc1Br. The van der Waals surface area contributed by atoms with Gasteiger partial charge < -0.3 is 5.32 Å². The largest absolute Gasteiger partial charge is 0.369 e. The molecule has 0 radical (unpaired) electrons. The van der Waals surface area contributed by atoms with Crippen LogP contribution < -0.4 is 5.32 Å². The van der Waals surface area contributed by atoms with E-state index in [1.54, 1.807) is 0 Å². The summed E-state index contributed by atoms with van der Waals surface area (Å²) < 4.78 is 1.07. The Morgan fingerprint density at radius 2 is 2.53 bits per heavy atom. The van der Waals surface area contributed by atoms with Gasteiger partial charge >= 0.3 is 0 Å². The van der Waals surface area contributed by atoms with Crippen LogP contribution in [0.1, 0.15) is 18.4 Å². The molecule has 1 saturated heterocycles. The van der Waals surface area contributed by atoms with E-state index in [0.29, 0.717) is 0 Å². The first kappa shape index (κ1) is 11.3. The van der Waals surface area contributed by atoms with Gasteiger partial charge in [-0.3, -0.25) is 0 Å². The number of thioether (sulfide) groups is 1. The summed E-state index contributed by atoms with van der Waals surface area (Å²) in [5.41, 5.74) is 1.23. The third-order valence-electron chi connectivity index (χ3n) is 2.58. The number of pyridine rings is 1. The molecule has 2 rings (SSSR count). The summed E-state index contributed by atoms with van der Waals surface area (Å²) in [5.74, 6) is 2.31. The molecule has 1 unspecified atom stereocenters. The lowest BCUT2D eigenvalue weighted by Gasteiger charge is -2.11. The first-order valence-corrected chi connectivity index (χ1v) is 7.07. The lowest BCUT2D eigenvalue weighted by atomic mass is 10.2. The monoisotopic (exact) mass is 286 g/mol. The first-order valence-electron chi connectivity index (χ1n) is 5.23. The van der Waals surface area contributed by atoms with Gasteiger partial charge in [0.05, 0.1) is 0 Å². The van der Waals surface area contributed by atoms with Crippen LogP contribution in [-0.4, -0.2) is 22.5 Å². The Kier molecular flexibility index (Phi) is 3.92. The van der Waals surface area contributed by atoms with E-state index in [1.807, 2.05) is 6.20 Å². The molecule has 0 aliphatic carbocycles. The molecule has 15 heavy (non-hydrogen) atoms. The summed E-state index contributed by atoms with van der Waals surface area (Å²) in [6.45, 7) is 3.13. The molecule has 2 nitrogen and oxygen atoms in total. The summed E-state index contributed by atoms with van der Waals surface area (Å²) in [5, 5.41) is 4.18. The fourth-order valence-corrected chi connectivity index (χ4v) is 3.08. The highest BCUT2D eigenvalue weighted by Gasteiger charge is 2.15. The molecule has 1 N–H and O–H groups in total. The predicted molar refractivity (Wildman–Crippen MR) is 70.6 cm³/mol. The van der Waals surface area contributed by atoms with E-state index in [0.717, 1.165) is 22.1 Å². The Labute approximate surface area is 103 Å². The van der Waals surface area contributed by atoms with Crippen molar-refractivity contribution in [3.8, 4) is 0 Å². The van der Waals surface area contributed by atoms with Crippen LogP contribution in [0.5, 0.6) is 0 Å². The van der Waals surface area contributed by atoms with Gasteiger partial charge in [0.15, 0.2) is 0 Å². The van der Waals surface area contributed by atoms with Crippen LogP contribution in [0.25, 0.3) is 0 Å². The molecule has 0 spiro atoms. The molecule has 1 aromatic rings. The van der Waals surface area contributed by atoms with Crippen molar-refractivity contribution in [1.82, 2.24) is 4.98 Å². The molecule has 4 heteroatoms. The Bertz CT molecular complexity index is 337. The van der Waals surface area contributed by atoms with E-state index in [9.17, 15) is 0 Å². The average Bonchev–Trinajstić information content (AvgIpc) is 2.73. The fourth-order valence-electron chi connectivity index (χ4n) is 1.66. The highest BCUT2D eigenvalue weighted by molar-refractivity contribution is 9.10. The summed E-state index contributed by atoms with van der Waals surface area (Å²) in [4.78, 5) is 4.33. The number of rotatable bonds is 3. The van der Waals surface area contributed by atoms with Gasteiger partial charge in [0.2, 0.25) is 0 Å². The molecule has 82 valence electrons. The van der Waals surface area contributed by atoms with Crippen LogP contribution in [0.2, 0.25) is 0 Å². The molecule has 0 aromatic carbocycles. The molecular formula is C11H15BrN2S. The Balaban J connectivity index is 1.90. The zero-order valence-electron chi connectivity index (χ0n) is 8.79. The van der Waals surface area contributed by atoms with E-state index < -0.39 is 0 Å².